The van der Waals surface area contributed by atoms with Crippen LogP contribution in [0.1, 0.15) is 17.7 Å². The standard InChI is InChI=1S/C18H16N2O2/c1-22-13-6-2-5-12(11-13)20-16-9-3-7-14(16)17(21)15-8-4-10-19-18(15)20/h2,4-6,8,10-11H,3,7,9H2,1H3. The summed E-state index contributed by atoms with van der Waals surface area (Å²) in [6.07, 6.45) is 4.52. The van der Waals surface area contributed by atoms with Crippen molar-refractivity contribution in [3.63, 3.8) is 0 Å². The summed E-state index contributed by atoms with van der Waals surface area (Å²) in [5.74, 6) is 0.798. The molecule has 0 fully saturated rings. The molecule has 0 amide bonds. The average Bonchev–Trinajstić information content (AvgIpc) is 3.05. The third-order valence-electron chi connectivity index (χ3n) is 4.29. The van der Waals surface area contributed by atoms with Gasteiger partial charge in [0.1, 0.15) is 11.4 Å². The number of benzene rings is 1. The Labute approximate surface area is 128 Å². The predicted molar refractivity (Wildman–Crippen MR) is 85.9 cm³/mol. The van der Waals surface area contributed by atoms with Crippen molar-refractivity contribution >= 4 is 11.0 Å². The Morgan fingerprint density at radius 2 is 2.09 bits per heavy atom. The minimum absolute atomic E-state index is 0.134. The molecule has 2 heterocycles. The lowest BCUT2D eigenvalue weighted by atomic mass is 10.1. The second kappa shape index (κ2) is 4.98. The van der Waals surface area contributed by atoms with E-state index in [1.807, 2.05) is 36.4 Å². The van der Waals surface area contributed by atoms with E-state index in [9.17, 15) is 4.79 Å². The summed E-state index contributed by atoms with van der Waals surface area (Å²) < 4.78 is 7.45. The van der Waals surface area contributed by atoms with E-state index in [2.05, 4.69) is 9.55 Å². The highest BCUT2D eigenvalue weighted by atomic mass is 16.5. The third kappa shape index (κ3) is 1.84. The van der Waals surface area contributed by atoms with Crippen molar-refractivity contribution in [2.24, 2.45) is 0 Å². The fourth-order valence-corrected chi connectivity index (χ4v) is 3.29. The van der Waals surface area contributed by atoms with Gasteiger partial charge in [-0.25, -0.2) is 4.98 Å². The fourth-order valence-electron chi connectivity index (χ4n) is 3.29. The number of ether oxygens (including phenoxy) is 1. The first-order valence-electron chi connectivity index (χ1n) is 7.45. The van der Waals surface area contributed by atoms with Crippen LogP contribution in [0, 0.1) is 0 Å². The molecule has 0 spiro atoms. The average molecular weight is 292 g/mol. The molecule has 110 valence electrons. The van der Waals surface area contributed by atoms with Crippen molar-refractivity contribution in [2.45, 2.75) is 19.3 Å². The van der Waals surface area contributed by atoms with Crippen LogP contribution in [-0.2, 0) is 12.8 Å². The van der Waals surface area contributed by atoms with Gasteiger partial charge in [-0.2, -0.15) is 0 Å². The number of methoxy groups -OCH3 is 1. The molecule has 1 aliphatic rings. The molecule has 0 atom stereocenters. The Hall–Kier alpha value is -2.62. The highest BCUT2D eigenvalue weighted by Gasteiger charge is 2.22. The van der Waals surface area contributed by atoms with E-state index in [0.717, 1.165) is 47.6 Å². The van der Waals surface area contributed by atoms with E-state index in [1.165, 1.54) is 0 Å². The smallest absolute Gasteiger partial charge is 0.194 e. The van der Waals surface area contributed by atoms with Crippen molar-refractivity contribution < 1.29 is 4.74 Å². The van der Waals surface area contributed by atoms with Crippen molar-refractivity contribution in [1.29, 1.82) is 0 Å². The Balaban J connectivity index is 2.13. The molecule has 0 aliphatic heterocycles. The van der Waals surface area contributed by atoms with Crippen LogP contribution >= 0.6 is 0 Å². The van der Waals surface area contributed by atoms with E-state index in [1.54, 1.807) is 13.3 Å². The van der Waals surface area contributed by atoms with Crippen LogP contribution < -0.4 is 10.2 Å². The van der Waals surface area contributed by atoms with Crippen LogP contribution in [0.15, 0.2) is 47.4 Å². The van der Waals surface area contributed by atoms with E-state index in [4.69, 9.17) is 4.74 Å². The van der Waals surface area contributed by atoms with Gasteiger partial charge < -0.3 is 4.74 Å². The van der Waals surface area contributed by atoms with E-state index < -0.39 is 0 Å². The Morgan fingerprint density at radius 3 is 2.95 bits per heavy atom. The topological polar surface area (TPSA) is 44.1 Å². The number of pyridine rings is 2. The summed E-state index contributed by atoms with van der Waals surface area (Å²) in [5.41, 5.74) is 3.87. The lowest BCUT2D eigenvalue weighted by molar-refractivity contribution is 0.414. The molecule has 0 saturated heterocycles. The zero-order chi connectivity index (χ0) is 15.1. The van der Waals surface area contributed by atoms with Gasteiger partial charge >= 0.3 is 0 Å². The van der Waals surface area contributed by atoms with Crippen LogP contribution in [0.5, 0.6) is 5.75 Å². The zero-order valence-corrected chi connectivity index (χ0v) is 12.4. The van der Waals surface area contributed by atoms with Crippen molar-refractivity contribution in [1.82, 2.24) is 9.55 Å². The van der Waals surface area contributed by atoms with Crippen molar-refractivity contribution in [3.8, 4) is 11.4 Å². The van der Waals surface area contributed by atoms with Gasteiger partial charge in [0.2, 0.25) is 0 Å². The summed E-state index contributed by atoms with van der Waals surface area (Å²) in [6, 6.07) is 11.6. The maximum absolute atomic E-state index is 12.6. The van der Waals surface area contributed by atoms with Gasteiger partial charge in [0, 0.05) is 23.5 Å². The minimum atomic E-state index is 0.134. The first-order valence-corrected chi connectivity index (χ1v) is 7.45. The number of aromatic nitrogens is 2. The number of rotatable bonds is 2. The molecule has 4 heteroatoms. The molecule has 1 aromatic carbocycles. The third-order valence-corrected chi connectivity index (χ3v) is 4.29. The van der Waals surface area contributed by atoms with Gasteiger partial charge in [0.15, 0.2) is 5.43 Å². The maximum Gasteiger partial charge on any atom is 0.194 e. The highest BCUT2D eigenvalue weighted by Crippen LogP contribution is 2.27. The van der Waals surface area contributed by atoms with Crippen LogP contribution in [-0.4, -0.2) is 16.7 Å². The fraction of sp³-hybridized carbons (Fsp3) is 0.222. The lowest BCUT2D eigenvalue weighted by Gasteiger charge is -2.16. The summed E-state index contributed by atoms with van der Waals surface area (Å²) in [5, 5.41) is 0.686. The second-order valence-electron chi connectivity index (χ2n) is 5.52. The van der Waals surface area contributed by atoms with Gasteiger partial charge in [0.25, 0.3) is 0 Å². The van der Waals surface area contributed by atoms with Gasteiger partial charge in [-0.1, -0.05) is 6.07 Å². The Kier molecular flexibility index (Phi) is 2.96. The molecule has 0 bridgehead atoms. The van der Waals surface area contributed by atoms with Crippen molar-refractivity contribution in [3.05, 3.63) is 64.1 Å². The molecule has 4 rings (SSSR count). The van der Waals surface area contributed by atoms with Crippen LogP contribution in [0.2, 0.25) is 0 Å². The number of hydrogen-bond acceptors (Lipinski definition) is 3. The summed E-state index contributed by atoms with van der Waals surface area (Å²) in [7, 11) is 1.66. The van der Waals surface area contributed by atoms with Gasteiger partial charge in [0.05, 0.1) is 18.2 Å². The number of hydrogen-bond donors (Lipinski definition) is 0. The minimum Gasteiger partial charge on any atom is -0.497 e. The van der Waals surface area contributed by atoms with Gasteiger partial charge in [-0.3, -0.25) is 9.36 Å². The molecule has 3 aromatic rings. The monoisotopic (exact) mass is 292 g/mol. The van der Waals surface area contributed by atoms with E-state index in [-0.39, 0.29) is 5.43 Å². The quantitative estimate of drug-likeness (QED) is 0.729. The van der Waals surface area contributed by atoms with Crippen LogP contribution in [0.3, 0.4) is 0 Å². The normalized spacial score (nSPS) is 13.3. The second-order valence-corrected chi connectivity index (χ2v) is 5.52. The first kappa shape index (κ1) is 13.1. The molecule has 0 unspecified atom stereocenters. The number of fused-ring (bicyclic) bond motifs is 2. The zero-order valence-electron chi connectivity index (χ0n) is 12.4. The molecule has 0 saturated carbocycles. The van der Waals surface area contributed by atoms with E-state index in [0.29, 0.717) is 5.39 Å². The Bertz CT molecular complexity index is 928. The predicted octanol–water partition coefficient (Wildman–Crippen LogP) is 2.88. The van der Waals surface area contributed by atoms with Crippen LogP contribution in [0.25, 0.3) is 16.7 Å². The summed E-state index contributed by atoms with van der Waals surface area (Å²) >= 11 is 0. The highest BCUT2D eigenvalue weighted by molar-refractivity contribution is 5.78. The molecule has 4 nitrogen and oxygen atoms in total. The lowest BCUT2D eigenvalue weighted by Crippen LogP contribution is -2.17. The molecular formula is C18H16N2O2. The van der Waals surface area contributed by atoms with E-state index >= 15 is 0 Å². The maximum atomic E-state index is 12.6. The molecule has 22 heavy (non-hydrogen) atoms. The molecule has 0 radical (unpaired) electrons. The molecule has 2 aromatic heterocycles. The largest absolute Gasteiger partial charge is 0.497 e. The van der Waals surface area contributed by atoms with Gasteiger partial charge in [-0.05, 0) is 43.5 Å². The van der Waals surface area contributed by atoms with Crippen molar-refractivity contribution in [2.75, 3.05) is 7.11 Å². The number of nitrogens with zero attached hydrogens (tertiary/aromatic N) is 2. The van der Waals surface area contributed by atoms with Gasteiger partial charge in [-0.15, -0.1) is 0 Å². The molecule has 1 aliphatic carbocycles. The molecular weight excluding hydrogens is 276 g/mol. The summed E-state index contributed by atoms with van der Waals surface area (Å²) in [4.78, 5) is 17.1. The first-order chi connectivity index (χ1) is 10.8. The van der Waals surface area contributed by atoms with Crippen LogP contribution in [0.4, 0.5) is 0 Å². The SMILES string of the molecule is COc1cccc(-n2c3c(c(=O)c4cccnc42)CCC3)c1. The molecule has 0 N–H and O–H groups in total. The summed E-state index contributed by atoms with van der Waals surface area (Å²) in [6.45, 7) is 0. The Morgan fingerprint density at radius 1 is 1.18 bits per heavy atom.